The lowest BCUT2D eigenvalue weighted by Gasteiger charge is -2.22. The Bertz CT molecular complexity index is 457. The van der Waals surface area contributed by atoms with Crippen molar-refractivity contribution < 1.29 is 9.84 Å². The van der Waals surface area contributed by atoms with Gasteiger partial charge in [0.15, 0.2) is 5.75 Å². The molecule has 1 rings (SSSR count). The predicted octanol–water partition coefficient (Wildman–Crippen LogP) is 1.82. The molecule has 0 amide bonds. The molecule has 0 spiro atoms. The Morgan fingerprint density at radius 2 is 2.15 bits per heavy atom. The van der Waals surface area contributed by atoms with Crippen LogP contribution in [0.3, 0.4) is 0 Å². The van der Waals surface area contributed by atoms with Gasteiger partial charge in [-0.3, -0.25) is 9.69 Å². The van der Waals surface area contributed by atoms with Crippen molar-refractivity contribution in [1.29, 1.82) is 0 Å². The van der Waals surface area contributed by atoms with E-state index in [0.717, 1.165) is 38.2 Å². The third-order valence-electron chi connectivity index (χ3n) is 3.39. The van der Waals surface area contributed by atoms with Crippen LogP contribution in [0.4, 0.5) is 0 Å². The highest BCUT2D eigenvalue weighted by molar-refractivity contribution is 5.20. The van der Waals surface area contributed by atoms with Gasteiger partial charge in [-0.05, 0) is 19.5 Å². The van der Waals surface area contributed by atoms with E-state index in [1.165, 1.54) is 12.3 Å². The Labute approximate surface area is 120 Å². The first-order chi connectivity index (χ1) is 9.62. The van der Waals surface area contributed by atoms with Crippen LogP contribution in [0.2, 0.25) is 0 Å². The van der Waals surface area contributed by atoms with E-state index in [0.29, 0.717) is 13.2 Å². The maximum atomic E-state index is 11.6. The van der Waals surface area contributed by atoms with Crippen LogP contribution in [0, 0.1) is 0 Å². The molecule has 0 atom stereocenters. The Balaban J connectivity index is 2.89. The van der Waals surface area contributed by atoms with Gasteiger partial charge < -0.3 is 14.4 Å². The van der Waals surface area contributed by atoms with Crippen molar-refractivity contribution in [3.05, 3.63) is 28.2 Å². The van der Waals surface area contributed by atoms with Crippen LogP contribution in [0.1, 0.15) is 32.4 Å². The minimum absolute atomic E-state index is 0.207. The largest absolute Gasteiger partial charge is 0.503 e. The first-order valence-electron chi connectivity index (χ1n) is 7.26. The zero-order chi connectivity index (χ0) is 15.0. The number of nitrogens with zero attached hydrogens (tertiary/aromatic N) is 2. The topological polar surface area (TPSA) is 54.7 Å². The van der Waals surface area contributed by atoms with E-state index in [9.17, 15) is 9.90 Å². The summed E-state index contributed by atoms with van der Waals surface area (Å²) in [5, 5.41) is 9.57. The van der Waals surface area contributed by atoms with Crippen LogP contribution in [0.5, 0.6) is 5.75 Å². The first-order valence-corrected chi connectivity index (χ1v) is 7.26. The van der Waals surface area contributed by atoms with Crippen LogP contribution in [0.25, 0.3) is 0 Å². The molecule has 0 aromatic carbocycles. The van der Waals surface area contributed by atoms with Gasteiger partial charge in [0, 0.05) is 32.0 Å². The quantitative estimate of drug-likeness (QED) is 0.750. The molecule has 0 aliphatic rings. The highest BCUT2D eigenvalue weighted by Crippen LogP contribution is 2.09. The van der Waals surface area contributed by atoms with Gasteiger partial charge >= 0.3 is 0 Å². The van der Waals surface area contributed by atoms with Gasteiger partial charge in [-0.1, -0.05) is 20.3 Å². The van der Waals surface area contributed by atoms with Gasteiger partial charge in [0.2, 0.25) is 5.43 Å². The second-order valence-corrected chi connectivity index (χ2v) is 4.92. The summed E-state index contributed by atoms with van der Waals surface area (Å²) in [5.41, 5.74) is 0.600. The van der Waals surface area contributed by atoms with Crippen LogP contribution in [0.15, 0.2) is 17.1 Å². The second kappa shape index (κ2) is 8.76. The Morgan fingerprint density at radius 3 is 2.75 bits per heavy atom. The second-order valence-electron chi connectivity index (χ2n) is 4.92. The minimum atomic E-state index is -0.319. The molecule has 20 heavy (non-hydrogen) atoms. The van der Waals surface area contributed by atoms with E-state index in [-0.39, 0.29) is 11.2 Å². The summed E-state index contributed by atoms with van der Waals surface area (Å²) in [7, 11) is 1.64. The summed E-state index contributed by atoms with van der Waals surface area (Å²) in [6.45, 7) is 8.15. The van der Waals surface area contributed by atoms with Crippen molar-refractivity contribution in [2.24, 2.45) is 0 Å². The highest BCUT2D eigenvalue weighted by Gasteiger charge is 2.09. The molecule has 1 heterocycles. The molecular formula is C15H26N2O3. The van der Waals surface area contributed by atoms with Crippen LogP contribution >= 0.6 is 0 Å². The number of unbranched alkanes of at least 4 members (excludes halogenated alkanes) is 1. The highest BCUT2D eigenvalue weighted by atomic mass is 16.5. The summed E-state index contributed by atoms with van der Waals surface area (Å²) >= 11 is 0. The maximum Gasteiger partial charge on any atom is 0.223 e. The number of methoxy groups -OCH3 is 1. The minimum Gasteiger partial charge on any atom is -0.503 e. The van der Waals surface area contributed by atoms with Crippen molar-refractivity contribution in [2.75, 3.05) is 26.8 Å². The molecule has 0 fully saturated rings. The van der Waals surface area contributed by atoms with E-state index in [1.807, 2.05) is 4.57 Å². The molecule has 0 bridgehead atoms. The standard InChI is InChI=1S/C15H26N2O3/c1-4-6-7-16(5-2)11-13-10-14(18)15(19)12-17(13)8-9-20-3/h10,12,19H,4-9,11H2,1-3H3. The fourth-order valence-corrected chi connectivity index (χ4v) is 2.10. The Morgan fingerprint density at radius 1 is 1.40 bits per heavy atom. The number of aromatic nitrogens is 1. The zero-order valence-electron chi connectivity index (χ0n) is 12.8. The van der Waals surface area contributed by atoms with Crippen molar-refractivity contribution in [2.45, 2.75) is 39.8 Å². The molecule has 5 nitrogen and oxygen atoms in total. The van der Waals surface area contributed by atoms with Gasteiger partial charge in [0.25, 0.3) is 0 Å². The average Bonchev–Trinajstić information content (AvgIpc) is 2.45. The third kappa shape index (κ3) is 4.98. The number of ether oxygens (including phenoxy) is 1. The Kier molecular flexibility index (Phi) is 7.33. The van der Waals surface area contributed by atoms with E-state index < -0.39 is 0 Å². The molecule has 5 heteroatoms. The Hall–Kier alpha value is -1.33. The summed E-state index contributed by atoms with van der Waals surface area (Å²) in [4.78, 5) is 13.9. The maximum absolute atomic E-state index is 11.6. The van der Waals surface area contributed by atoms with Gasteiger partial charge in [-0.15, -0.1) is 0 Å². The van der Waals surface area contributed by atoms with Crippen LogP contribution in [-0.4, -0.2) is 41.4 Å². The lowest BCUT2D eigenvalue weighted by molar-refractivity contribution is 0.183. The van der Waals surface area contributed by atoms with Gasteiger partial charge in [0.1, 0.15) is 0 Å². The lowest BCUT2D eigenvalue weighted by Crippen LogP contribution is -2.27. The molecule has 114 valence electrons. The molecule has 1 N–H and O–H groups in total. The lowest BCUT2D eigenvalue weighted by atomic mass is 10.2. The van der Waals surface area contributed by atoms with E-state index >= 15 is 0 Å². The summed E-state index contributed by atoms with van der Waals surface area (Å²) < 4.78 is 6.97. The molecular weight excluding hydrogens is 256 g/mol. The predicted molar refractivity (Wildman–Crippen MR) is 80.1 cm³/mol. The molecule has 0 saturated heterocycles. The third-order valence-corrected chi connectivity index (χ3v) is 3.39. The molecule has 1 aromatic heterocycles. The number of rotatable bonds is 9. The van der Waals surface area contributed by atoms with E-state index in [1.54, 1.807) is 7.11 Å². The van der Waals surface area contributed by atoms with Crippen molar-refractivity contribution in [1.82, 2.24) is 9.47 Å². The normalized spacial score (nSPS) is 11.2. The zero-order valence-corrected chi connectivity index (χ0v) is 12.8. The van der Waals surface area contributed by atoms with E-state index in [2.05, 4.69) is 18.7 Å². The summed E-state index contributed by atoms with van der Waals surface area (Å²) in [6, 6.07) is 1.53. The number of hydrogen-bond acceptors (Lipinski definition) is 4. The van der Waals surface area contributed by atoms with Crippen LogP contribution < -0.4 is 5.43 Å². The van der Waals surface area contributed by atoms with E-state index in [4.69, 9.17) is 4.74 Å². The van der Waals surface area contributed by atoms with Gasteiger partial charge in [-0.25, -0.2) is 0 Å². The SMILES string of the molecule is CCCCN(CC)Cc1cc(=O)c(O)cn1CCOC. The number of pyridine rings is 1. The van der Waals surface area contributed by atoms with Crippen LogP contribution in [-0.2, 0) is 17.8 Å². The molecule has 0 aliphatic heterocycles. The summed E-state index contributed by atoms with van der Waals surface area (Å²) in [6.07, 6.45) is 3.81. The molecule has 0 radical (unpaired) electrons. The average molecular weight is 282 g/mol. The summed E-state index contributed by atoms with van der Waals surface area (Å²) in [5.74, 6) is -0.207. The van der Waals surface area contributed by atoms with Crippen molar-refractivity contribution in [3.63, 3.8) is 0 Å². The number of aromatic hydroxyl groups is 1. The van der Waals surface area contributed by atoms with Crippen molar-refractivity contribution in [3.8, 4) is 5.75 Å². The van der Waals surface area contributed by atoms with Gasteiger partial charge in [0.05, 0.1) is 12.8 Å². The monoisotopic (exact) mass is 282 g/mol. The van der Waals surface area contributed by atoms with Gasteiger partial charge in [-0.2, -0.15) is 0 Å². The molecule has 0 unspecified atom stereocenters. The smallest absolute Gasteiger partial charge is 0.223 e. The van der Waals surface area contributed by atoms with Crippen molar-refractivity contribution >= 4 is 0 Å². The number of hydrogen-bond donors (Lipinski definition) is 1. The molecule has 0 saturated carbocycles. The first kappa shape index (κ1) is 16.7. The fourth-order valence-electron chi connectivity index (χ4n) is 2.10. The fraction of sp³-hybridized carbons (Fsp3) is 0.667. The molecule has 1 aromatic rings. The molecule has 0 aliphatic carbocycles.